The lowest BCUT2D eigenvalue weighted by Gasteiger charge is -2.02. The predicted molar refractivity (Wildman–Crippen MR) is 93.4 cm³/mol. The van der Waals surface area contributed by atoms with Crippen molar-refractivity contribution >= 4 is 34.4 Å². The van der Waals surface area contributed by atoms with Crippen LogP contribution in [0.5, 0.6) is 5.75 Å². The van der Waals surface area contributed by atoms with E-state index in [4.69, 9.17) is 9.26 Å². The Morgan fingerprint density at radius 1 is 1.17 bits per heavy atom. The SMILES string of the molecule is COc1ccc(C(=O)Nc2cc(-c3ccc(I)cn3)no2)cc1. The molecule has 3 aromatic rings. The Morgan fingerprint density at radius 3 is 2.61 bits per heavy atom. The number of pyridine rings is 1. The van der Waals surface area contributed by atoms with E-state index in [1.54, 1.807) is 43.6 Å². The zero-order chi connectivity index (χ0) is 16.2. The molecule has 0 aliphatic carbocycles. The van der Waals surface area contributed by atoms with Gasteiger partial charge in [-0.05, 0) is 59.0 Å². The molecule has 116 valence electrons. The van der Waals surface area contributed by atoms with Gasteiger partial charge in [-0.2, -0.15) is 0 Å². The van der Waals surface area contributed by atoms with Crippen molar-refractivity contribution in [2.24, 2.45) is 0 Å². The average molecular weight is 421 g/mol. The summed E-state index contributed by atoms with van der Waals surface area (Å²) < 4.78 is 11.2. The number of nitrogens with zero attached hydrogens (tertiary/aromatic N) is 2. The topological polar surface area (TPSA) is 77.2 Å². The molecule has 0 aliphatic heterocycles. The number of methoxy groups -OCH3 is 1. The summed E-state index contributed by atoms with van der Waals surface area (Å²) in [4.78, 5) is 16.4. The quantitative estimate of drug-likeness (QED) is 0.652. The van der Waals surface area contributed by atoms with Crippen molar-refractivity contribution in [2.75, 3.05) is 12.4 Å². The van der Waals surface area contributed by atoms with E-state index in [1.807, 2.05) is 12.1 Å². The molecule has 7 heteroatoms. The standard InChI is InChI=1S/C16H12IN3O3/c1-22-12-5-2-10(3-6-12)16(21)19-15-8-14(20-23-15)13-7-4-11(17)9-18-13/h2-9H,1H3,(H,19,21). The Kier molecular flexibility index (Phi) is 4.56. The summed E-state index contributed by atoms with van der Waals surface area (Å²) in [7, 11) is 1.57. The maximum Gasteiger partial charge on any atom is 0.258 e. The summed E-state index contributed by atoms with van der Waals surface area (Å²) in [6.45, 7) is 0. The van der Waals surface area contributed by atoms with Crippen LogP contribution in [-0.4, -0.2) is 23.2 Å². The fourth-order valence-electron chi connectivity index (χ4n) is 1.91. The number of anilines is 1. The van der Waals surface area contributed by atoms with Crippen LogP contribution in [-0.2, 0) is 0 Å². The second kappa shape index (κ2) is 6.78. The van der Waals surface area contributed by atoms with E-state index < -0.39 is 0 Å². The molecule has 0 atom stereocenters. The fourth-order valence-corrected chi connectivity index (χ4v) is 2.23. The van der Waals surface area contributed by atoms with Crippen LogP contribution in [0.15, 0.2) is 53.2 Å². The highest BCUT2D eigenvalue weighted by atomic mass is 127. The first-order valence-electron chi connectivity index (χ1n) is 6.70. The van der Waals surface area contributed by atoms with Crippen LogP contribution in [0.4, 0.5) is 5.88 Å². The second-order valence-corrected chi connectivity index (χ2v) is 5.87. The number of hydrogen-bond donors (Lipinski definition) is 1. The van der Waals surface area contributed by atoms with E-state index in [-0.39, 0.29) is 11.8 Å². The lowest BCUT2D eigenvalue weighted by molar-refractivity contribution is 0.102. The number of hydrogen-bond acceptors (Lipinski definition) is 5. The van der Waals surface area contributed by atoms with Gasteiger partial charge in [0.25, 0.3) is 5.91 Å². The monoisotopic (exact) mass is 421 g/mol. The Balaban J connectivity index is 1.73. The summed E-state index contributed by atoms with van der Waals surface area (Å²) in [5, 5.41) is 6.57. The predicted octanol–water partition coefficient (Wildman–Crippen LogP) is 3.60. The number of aromatic nitrogens is 2. The van der Waals surface area contributed by atoms with Crippen LogP contribution in [0, 0.1) is 3.57 Å². The van der Waals surface area contributed by atoms with Gasteiger partial charge in [0, 0.05) is 21.4 Å². The van der Waals surface area contributed by atoms with Gasteiger partial charge in [0.05, 0.1) is 12.8 Å². The van der Waals surface area contributed by atoms with E-state index in [0.29, 0.717) is 22.7 Å². The summed E-state index contributed by atoms with van der Waals surface area (Å²) >= 11 is 2.18. The molecule has 0 radical (unpaired) electrons. The van der Waals surface area contributed by atoms with Crippen LogP contribution in [0.3, 0.4) is 0 Å². The largest absolute Gasteiger partial charge is 0.497 e. The second-order valence-electron chi connectivity index (χ2n) is 4.62. The van der Waals surface area contributed by atoms with Crippen molar-refractivity contribution < 1.29 is 14.1 Å². The molecular weight excluding hydrogens is 409 g/mol. The highest BCUT2D eigenvalue weighted by Crippen LogP contribution is 2.21. The highest BCUT2D eigenvalue weighted by Gasteiger charge is 2.12. The molecule has 0 aliphatic rings. The Labute approximate surface area is 146 Å². The van der Waals surface area contributed by atoms with Crippen molar-refractivity contribution in [3.8, 4) is 17.1 Å². The van der Waals surface area contributed by atoms with Gasteiger partial charge in [-0.25, -0.2) is 0 Å². The zero-order valence-corrected chi connectivity index (χ0v) is 14.3. The molecule has 3 rings (SSSR count). The molecule has 1 N–H and O–H groups in total. The number of carbonyl (C=O) groups is 1. The Hall–Kier alpha value is -2.42. The van der Waals surface area contributed by atoms with Crippen molar-refractivity contribution in [2.45, 2.75) is 0 Å². The molecule has 2 aromatic heterocycles. The number of carbonyl (C=O) groups excluding carboxylic acids is 1. The average Bonchev–Trinajstić information content (AvgIpc) is 3.04. The van der Waals surface area contributed by atoms with E-state index in [2.05, 4.69) is 38.0 Å². The van der Waals surface area contributed by atoms with Crippen molar-refractivity contribution in [1.29, 1.82) is 0 Å². The molecule has 0 spiro atoms. The highest BCUT2D eigenvalue weighted by molar-refractivity contribution is 14.1. The maximum atomic E-state index is 12.1. The van der Waals surface area contributed by atoms with Crippen LogP contribution >= 0.6 is 22.6 Å². The smallest absolute Gasteiger partial charge is 0.258 e. The van der Waals surface area contributed by atoms with Gasteiger partial charge < -0.3 is 9.26 Å². The van der Waals surface area contributed by atoms with E-state index >= 15 is 0 Å². The van der Waals surface area contributed by atoms with Gasteiger partial charge in [-0.15, -0.1) is 0 Å². The van der Waals surface area contributed by atoms with Gasteiger partial charge in [-0.1, -0.05) is 5.16 Å². The third-order valence-electron chi connectivity index (χ3n) is 3.09. The number of nitrogens with one attached hydrogen (secondary N) is 1. The minimum Gasteiger partial charge on any atom is -0.497 e. The molecule has 0 fully saturated rings. The number of rotatable bonds is 4. The summed E-state index contributed by atoms with van der Waals surface area (Å²) in [6.07, 6.45) is 1.74. The van der Waals surface area contributed by atoms with Crippen LogP contribution < -0.4 is 10.1 Å². The lowest BCUT2D eigenvalue weighted by atomic mass is 10.2. The van der Waals surface area contributed by atoms with E-state index in [0.717, 1.165) is 3.57 Å². The number of halogens is 1. The minimum atomic E-state index is -0.286. The normalized spacial score (nSPS) is 10.3. The lowest BCUT2D eigenvalue weighted by Crippen LogP contribution is -2.11. The van der Waals surface area contributed by atoms with E-state index in [1.165, 1.54) is 0 Å². The van der Waals surface area contributed by atoms with E-state index in [9.17, 15) is 4.79 Å². The van der Waals surface area contributed by atoms with Gasteiger partial charge in [-0.3, -0.25) is 15.1 Å². The first-order valence-corrected chi connectivity index (χ1v) is 7.77. The van der Waals surface area contributed by atoms with Crippen LogP contribution in [0.2, 0.25) is 0 Å². The van der Waals surface area contributed by atoms with Crippen LogP contribution in [0.25, 0.3) is 11.4 Å². The number of amides is 1. The summed E-state index contributed by atoms with van der Waals surface area (Å²) in [5.74, 6) is 0.667. The van der Waals surface area contributed by atoms with Crippen molar-refractivity contribution in [3.05, 3.63) is 57.8 Å². The molecule has 1 aromatic carbocycles. The first-order chi connectivity index (χ1) is 11.2. The minimum absolute atomic E-state index is 0.265. The summed E-state index contributed by atoms with van der Waals surface area (Å²) in [5.41, 5.74) is 1.74. The molecule has 0 unspecified atom stereocenters. The van der Waals surface area contributed by atoms with Gasteiger partial charge in [0.2, 0.25) is 5.88 Å². The molecular formula is C16H12IN3O3. The van der Waals surface area contributed by atoms with Gasteiger partial charge in [0.15, 0.2) is 0 Å². The summed E-state index contributed by atoms with van der Waals surface area (Å²) in [6, 6.07) is 12.2. The molecule has 2 heterocycles. The molecule has 0 saturated carbocycles. The zero-order valence-electron chi connectivity index (χ0n) is 12.1. The van der Waals surface area contributed by atoms with Crippen molar-refractivity contribution in [1.82, 2.24) is 10.1 Å². The van der Waals surface area contributed by atoms with Crippen molar-refractivity contribution in [3.63, 3.8) is 0 Å². The number of benzene rings is 1. The first kappa shape index (κ1) is 15.5. The van der Waals surface area contributed by atoms with Gasteiger partial charge in [0.1, 0.15) is 11.4 Å². The molecule has 0 bridgehead atoms. The Bertz CT molecular complexity index is 813. The third kappa shape index (κ3) is 3.67. The number of ether oxygens (including phenoxy) is 1. The molecule has 0 saturated heterocycles. The molecule has 23 heavy (non-hydrogen) atoms. The Morgan fingerprint density at radius 2 is 1.96 bits per heavy atom. The third-order valence-corrected chi connectivity index (χ3v) is 3.73. The maximum absolute atomic E-state index is 12.1. The fraction of sp³-hybridized carbons (Fsp3) is 0.0625. The molecule has 6 nitrogen and oxygen atoms in total. The van der Waals surface area contributed by atoms with Crippen LogP contribution in [0.1, 0.15) is 10.4 Å². The van der Waals surface area contributed by atoms with Gasteiger partial charge >= 0.3 is 0 Å². The molecule has 1 amide bonds.